The highest BCUT2D eigenvalue weighted by Crippen LogP contribution is 2.24. The van der Waals surface area contributed by atoms with Crippen LogP contribution in [0.2, 0.25) is 0 Å². The summed E-state index contributed by atoms with van der Waals surface area (Å²) in [6.07, 6.45) is 0.218. The summed E-state index contributed by atoms with van der Waals surface area (Å²) < 4.78 is 34.1. The van der Waals surface area contributed by atoms with Gasteiger partial charge in [0.1, 0.15) is 5.75 Å². The number of carbonyl (C=O) groups is 1. The highest BCUT2D eigenvalue weighted by molar-refractivity contribution is 9.10. The zero-order chi connectivity index (χ0) is 14.3. The molecule has 0 radical (unpaired) electrons. The Bertz CT molecular complexity index is 429. The molecule has 7 heteroatoms. The number of hydrogen-bond donors (Lipinski definition) is 1. The summed E-state index contributed by atoms with van der Waals surface area (Å²) in [5, 5.41) is 2.96. The van der Waals surface area contributed by atoms with Crippen LogP contribution in [0.25, 0.3) is 0 Å². The average Bonchev–Trinajstić information content (AvgIpc) is 2.36. The van der Waals surface area contributed by atoms with Crippen LogP contribution < -0.4 is 10.1 Å². The van der Waals surface area contributed by atoms with Crippen molar-refractivity contribution in [2.45, 2.75) is 19.6 Å². The summed E-state index contributed by atoms with van der Waals surface area (Å²) in [5.74, 6) is -0.213. The van der Waals surface area contributed by atoms with Gasteiger partial charge in [0, 0.05) is 23.1 Å². The molecule has 0 saturated heterocycles. The van der Waals surface area contributed by atoms with Gasteiger partial charge in [0.2, 0.25) is 0 Å². The lowest BCUT2D eigenvalue weighted by Crippen LogP contribution is -2.19. The number of benzene rings is 1. The van der Waals surface area contributed by atoms with Crippen LogP contribution in [0.15, 0.2) is 22.7 Å². The summed E-state index contributed by atoms with van der Waals surface area (Å²) in [6, 6.07) is 4.77. The molecule has 0 aliphatic heterocycles. The minimum Gasteiger partial charge on any atom is -0.469 e. The van der Waals surface area contributed by atoms with Gasteiger partial charge in [0.15, 0.2) is 0 Å². The topological polar surface area (TPSA) is 47.6 Å². The van der Waals surface area contributed by atoms with E-state index in [0.717, 1.165) is 4.47 Å². The molecule has 0 unspecified atom stereocenters. The molecule has 0 aromatic heterocycles. The van der Waals surface area contributed by atoms with E-state index in [2.05, 4.69) is 30.7 Å². The predicted octanol–water partition coefficient (Wildman–Crippen LogP) is 2.70. The normalized spacial score (nSPS) is 10.6. The lowest BCUT2D eigenvalue weighted by atomic mass is 10.2. The van der Waals surface area contributed by atoms with Crippen LogP contribution >= 0.6 is 15.9 Å². The lowest BCUT2D eigenvalue weighted by Gasteiger charge is -2.11. The van der Waals surface area contributed by atoms with Gasteiger partial charge in [-0.25, -0.2) is 0 Å². The lowest BCUT2D eigenvalue weighted by molar-refractivity contribution is -0.140. The van der Waals surface area contributed by atoms with E-state index in [1.54, 1.807) is 12.1 Å². The average molecular weight is 338 g/mol. The number of alkyl halides is 2. The summed E-state index contributed by atoms with van der Waals surface area (Å²) in [6.45, 7) is -2.15. The molecule has 1 rings (SSSR count). The van der Waals surface area contributed by atoms with E-state index < -0.39 is 6.61 Å². The van der Waals surface area contributed by atoms with Crippen LogP contribution in [-0.4, -0.2) is 26.2 Å². The van der Waals surface area contributed by atoms with E-state index >= 15 is 0 Å². The van der Waals surface area contributed by atoms with E-state index in [1.165, 1.54) is 13.2 Å². The van der Waals surface area contributed by atoms with Crippen LogP contribution in [-0.2, 0) is 16.1 Å². The van der Waals surface area contributed by atoms with Crippen LogP contribution in [0.5, 0.6) is 5.75 Å². The van der Waals surface area contributed by atoms with Gasteiger partial charge in [0.25, 0.3) is 0 Å². The summed E-state index contributed by atoms with van der Waals surface area (Å²) >= 11 is 3.26. The molecule has 1 aromatic carbocycles. The zero-order valence-electron chi connectivity index (χ0n) is 10.3. The second-order valence-corrected chi connectivity index (χ2v) is 4.55. The zero-order valence-corrected chi connectivity index (χ0v) is 11.9. The van der Waals surface area contributed by atoms with Crippen molar-refractivity contribution in [3.63, 3.8) is 0 Å². The number of hydrogen-bond acceptors (Lipinski definition) is 4. The second-order valence-electron chi connectivity index (χ2n) is 3.63. The third-order valence-electron chi connectivity index (χ3n) is 2.29. The number of esters is 1. The molecule has 1 N–H and O–H groups in total. The number of rotatable bonds is 7. The molecule has 0 fully saturated rings. The fourth-order valence-corrected chi connectivity index (χ4v) is 1.82. The number of halogens is 3. The minimum atomic E-state index is -2.87. The first kappa shape index (κ1) is 15.8. The van der Waals surface area contributed by atoms with Gasteiger partial charge in [-0.3, -0.25) is 4.79 Å². The fourth-order valence-electron chi connectivity index (χ4n) is 1.41. The van der Waals surface area contributed by atoms with E-state index in [4.69, 9.17) is 0 Å². The van der Waals surface area contributed by atoms with Gasteiger partial charge in [-0.15, -0.1) is 0 Å². The monoisotopic (exact) mass is 337 g/mol. The maximum atomic E-state index is 12.2. The highest BCUT2D eigenvalue weighted by Gasteiger charge is 2.10. The van der Waals surface area contributed by atoms with Crippen molar-refractivity contribution in [3.05, 3.63) is 28.2 Å². The van der Waals surface area contributed by atoms with Crippen molar-refractivity contribution in [3.8, 4) is 5.75 Å². The van der Waals surface area contributed by atoms with Gasteiger partial charge in [-0.1, -0.05) is 15.9 Å². The molecule has 0 aliphatic rings. The third-order valence-corrected chi connectivity index (χ3v) is 2.78. The first-order valence-electron chi connectivity index (χ1n) is 5.53. The Morgan fingerprint density at radius 2 is 2.21 bits per heavy atom. The van der Waals surface area contributed by atoms with Crippen LogP contribution in [0.3, 0.4) is 0 Å². The molecular weight excluding hydrogens is 324 g/mol. The Morgan fingerprint density at radius 1 is 1.47 bits per heavy atom. The highest BCUT2D eigenvalue weighted by atomic mass is 79.9. The van der Waals surface area contributed by atoms with E-state index in [9.17, 15) is 13.6 Å². The molecular formula is C12H14BrF2NO3. The Kier molecular flexibility index (Phi) is 6.72. The van der Waals surface area contributed by atoms with Crippen molar-refractivity contribution < 1.29 is 23.0 Å². The Morgan fingerprint density at radius 3 is 2.84 bits per heavy atom. The summed E-state index contributed by atoms with van der Waals surface area (Å²) in [5.41, 5.74) is 0.583. The summed E-state index contributed by atoms with van der Waals surface area (Å²) in [7, 11) is 1.31. The molecule has 19 heavy (non-hydrogen) atoms. The van der Waals surface area contributed by atoms with Crippen LogP contribution in [0, 0.1) is 0 Å². The molecule has 0 saturated carbocycles. The quantitative estimate of drug-likeness (QED) is 0.613. The minimum absolute atomic E-state index is 0.115. The Hall–Kier alpha value is -1.21. The molecule has 0 spiro atoms. The fraction of sp³-hybridized carbons (Fsp3) is 0.417. The largest absolute Gasteiger partial charge is 0.469 e. The standard InChI is InChI=1S/C12H14BrF2NO3/c1-18-11(17)4-5-16-7-8-6-9(13)2-3-10(8)19-12(14)15/h2-3,6,12,16H,4-5,7H2,1H3. The van der Waals surface area contributed by atoms with Gasteiger partial charge in [-0.05, 0) is 18.2 Å². The Labute approximate surface area is 118 Å². The van der Waals surface area contributed by atoms with Gasteiger partial charge in [0.05, 0.1) is 13.5 Å². The predicted molar refractivity (Wildman–Crippen MR) is 69.1 cm³/mol. The second kappa shape index (κ2) is 8.06. The molecule has 4 nitrogen and oxygen atoms in total. The van der Waals surface area contributed by atoms with Crippen molar-refractivity contribution in [1.29, 1.82) is 0 Å². The molecule has 1 aromatic rings. The first-order chi connectivity index (χ1) is 9.02. The van der Waals surface area contributed by atoms with E-state index in [0.29, 0.717) is 18.7 Å². The van der Waals surface area contributed by atoms with Gasteiger partial charge >= 0.3 is 12.6 Å². The van der Waals surface area contributed by atoms with E-state index in [-0.39, 0.29) is 18.1 Å². The number of carbonyl (C=O) groups excluding carboxylic acids is 1. The molecule has 0 amide bonds. The SMILES string of the molecule is COC(=O)CCNCc1cc(Br)ccc1OC(F)F. The van der Waals surface area contributed by atoms with Crippen molar-refractivity contribution >= 4 is 21.9 Å². The van der Waals surface area contributed by atoms with Crippen molar-refractivity contribution in [2.75, 3.05) is 13.7 Å². The van der Waals surface area contributed by atoms with Crippen molar-refractivity contribution in [2.24, 2.45) is 0 Å². The number of nitrogens with one attached hydrogen (secondary N) is 1. The molecule has 0 heterocycles. The number of ether oxygens (including phenoxy) is 2. The maximum Gasteiger partial charge on any atom is 0.387 e. The van der Waals surface area contributed by atoms with Gasteiger partial charge < -0.3 is 14.8 Å². The van der Waals surface area contributed by atoms with E-state index in [1.807, 2.05) is 0 Å². The smallest absolute Gasteiger partial charge is 0.387 e. The molecule has 106 valence electrons. The van der Waals surface area contributed by atoms with Crippen molar-refractivity contribution in [1.82, 2.24) is 5.32 Å². The summed E-state index contributed by atoms with van der Waals surface area (Å²) in [4.78, 5) is 10.9. The molecule has 0 aliphatic carbocycles. The molecule has 0 atom stereocenters. The van der Waals surface area contributed by atoms with Crippen LogP contribution in [0.4, 0.5) is 8.78 Å². The first-order valence-corrected chi connectivity index (χ1v) is 6.33. The maximum absolute atomic E-state index is 12.2. The third kappa shape index (κ3) is 5.98. The molecule has 0 bridgehead atoms. The van der Waals surface area contributed by atoms with Crippen LogP contribution in [0.1, 0.15) is 12.0 Å². The van der Waals surface area contributed by atoms with Gasteiger partial charge in [-0.2, -0.15) is 8.78 Å². The Balaban J connectivity index is 2.55. The number of methoxy groups -OCH3 is 1.